The van der Waals surface area contributed by atoms with E-state index < -0.39 is 9.84 Å². The Bertz CT molecular complexity index is 640. The van der Waals surface area contributed by atoms with E-state index in [-0.39, 0.29) is 41.5 Å². The summed E-state index contributed by atoms with van der Waals surface area (Å²) in [5, 5.41) is 6.83. The molecular formula is C17H28IN3O3S. The Morgan fingerprint density at radius 2 is 1.92 bits per heavy atom. The lowest BCUT2D eigenvalue weighted by atomic mass is 9.96. The molecule has 0 aromatic carbocycles. The van der Waals surface area contributed by atoms with E-state index in [1.807, 2.05) is 12.1 Å². The molecule has 1 saturated heterocycles. The van der Waals surface area contributed by atoms with Crippen LogP contribution in [-0.4, -0.2) is 44.5 Å². The van der Waals surface area contributed by atoms with Gasteiger partial charge in [0.1, 0.15) is 5.76 Å². The molecule has 6 nitrogen and oxygen atoms in total. The fraction of sp³-hybridized carbons (Fsp3) is 0.706. The minimum absolute atomic E-state index is 0. The van der Waals surface area contributed by atoms with Crippen LogP contribution in [0.1, 0.15) is 44.3 Å². The van der Waals surface area contributed by atoms with E-state index in [0.717, 1.165) is 31.0 Å². The van der Waals surface area contributed by atoms with Crippen LogP contribution in [0.4, 0.5) is 0 Å². The molecular weight excluding hydrogens is 453 g/mol. The normalized spacial score (nSPS) is 23.8. The number of nitrogens with one attached hydrogen (secondary N) is 2. The van der Waals surface area contributed by atoms with E-state index in [2.05, 4.69) is 15.6 Å². The molecule has 2 heterocycles. The van der Waals surface area contributed by atoms with Crippen molar-refractivity contribution in [3.05, 3.63) is 24.2 Å². The van der Waals surface area contributed by atoms with Crippen LogP contribution >= 0.6 is 24.0 Å². The first-order valence-electron chi connectivity index (χ1n) is 8.91. The fourth-order valence-corrected chi connectivity index (χ4v) is 5.08. The van der Waals surface area contributed by atoms with Crippen molar-refractivity contribution in [2.75, 3.05) is 18.1 Å². The number of guanidine groups is 1. The summed E-state index contributed by atoms with van der Waals surface area (Å²) in [6.45, 7) is 0.620. The lowest BCUT2D eigenvalue weighted by molar-refractivity contribution is 0.408. The van der Waals surface area contributed by atoms with Crippen molar-refractivity contribution in [2.24, 2.45) is 4.99 Å². The van der Waals surface area contributed by atoms with Gasteiger partial charge in [-0.15, -0.1) is 24.0 Å². The third-order valence-electron chi connectivity index (χ3n) is 4.73. The standard InChI is InChI=1S/C17H27N3O3S.HI/c21-24(22)12-9-15(13-24)20-17(19-14-5-2-1-3-6-14)18-10-8-16-7-4-11-23-16;/h4,7,11,14-15H,1-3,5-6,8-10,12-13H2,(H2,18,19,20);1H. The van der Waals surface area contributed by atoms with Gasteiger partial charge in [0.05, 0.1) is 17.8 Å². The molecule has 1 aliphatic heterocycles. The lowest BCUT2D eigenvalue weighted by Crippen LogP contribution is -2.48. The van der Waals surface area contributed by atoms with Crippen molar-refractivity contribution in [3.63, 3.8) is 0 Å². The molecule has 3 rings (SSSR count). The summed E-state index contributed by atoms with van der Waals surface area (Å²) >= 11 is 0. The summed E-state index contributed by atoms with van der Waals surface area (Å²) in [5.74, 6) is 2.14. The molecule has 1 aromatic heterocycles. The second-order valence-corrected chi connectivity index (χ2v) is 9.01. The molecule has 1 unspecified atom stereocenters. The van der Waals surface area contributed by atoms with Gasteiger partial charge < -0.3 is 15.1 Å². The molecule has 0 bridgehead atoms. The summed E-state index contributed by atoms with van der Waals surface area (Å²) in [6, 6.07) is 4.22. The quantitative estimate of drug-likeness (QED) is 0.384. The van der Waals surface area contributed by atoms with Crippen LogP contribution in [0.15, 0.2) is 27.8 Å². The second kappa shape index (κ2) is 9.80. The largest absolute Gasteiger partial charge is 0.469 e. The van der Waals surface area contributed by atoms with E-state index in [1.54, 1.807) is 6.26 Å². The van der Waals surface area contributed by atoms with Gasteiger partial charge in [-0.25, -0.2) is 8.42 Å². The Morgan fingerprint density at radius 1 is 1.16 bits per heavy atom. The zero-order valence-electron chi connectivity index (χ0n) is 14.4. The Labute approximate surface area is 167 Å². The highest BCUT2D eigenvalue weighted by Crippen LogP contribution is 2.17. The van der Waals surface area contributed by atoms with Crippen molar-refractivity contribution in [1.82, 2.24) is 10.6 Å². The van der Waals surface area contributed by atoms with Crippen molar-refractivity contribution in [1.29, 1.82) is 0 Å². The van der Waals surface area contributed by atoms with Gasteiger partial charge in [-0.2, -0.15) is 0 Å². The highest BCUT2D eigenvalue weighted by atomic mass is 127. The van der Waals surface area contributed by atoms with Gasteiger partial charge in [0.15, 0.2) is 15.8 Å². The number of nitrogens with zero attached hydrogens (tertiary/aromatic N) is 1. The average molecular weight is 481 g/mol. The van der Waals surface area contributed by atoms with Gasteiger partial charge in [0.25, 0.3) is 0 Å². The van der Waals surface area contributed by atoms with E-state index >= 15 is 0 Å². The number of sulfone groups is 1. The van der Waals surface area contributed by atoms with E-state index in [1.165, 1.54) is 19.3 Å². The number of furan rings is 1. The molecule has 1 aliphatic carbocycles. The predicted molar refractivity (Wildman–Crippen MR) is 110 cm³/mol. The second-order valence-electron chi connectivity index (χ2n) is 6.78. The summed E-state index contributed by atoms with van der Waals surface area (Å²) in [5.41, 5.74) is 0. The SMILES string of the molecule is I.O=S1(=O)CCC(NC(=NCCc2ccco2)NC2CCCCC2)C1. The Hall–Kier alpha value is -0.770. The monoisotopic (exact) mass is 481 g/mol. The topological polar surface area (TPSA) is 83.7 Å². The van der Waals surface area contributed by atoms with Crippen molar-refractivity contribution < 1.29 is 12.8 Å². The van der Waals surface area contributed by atoms with Gasteiger partial charge in [-0.05, 0) is 31.4 Å². The average Bonchev–Trinajstić information content (AvgIpc) is 3.18. The van der Waals surface area contributed by atoms with Crippen molar-refractivity contribution in [2.45, 2.75) is 57.0 Å². The van der Waals surface area contributed by atoms with E-state index in [0.29, 0.717) is 19.0 Å². The maximum absolute atomic E-state index is 11.7. The van der Waals surface area contributed by atoms with Crippen LogP contribution in [0.5, 0.6) is 0 Å². The highest BCUT2D eigenvalue weighted by molar-refractivity contribution is 14.0. The number of hydrogen-bond donors (Lipinski definition) is 2. The molecule has 142 valence electrons. The van der Waals surface area contributed by atoms with Crippen molar-refractivity contribution >= 4 is 39.8 Å². The predicted octanol–water partition coefficient (Wildman–Crippen LogP) is 2.50. The smallest absolute Gasteiger partial charge is 0.191 e. The van der Waals surface area contributed by atoms with Gasteiger partial charge in [-0.3, -0.25) is 4.99 Å². The van der Waals surface area contributed by atoms with Crippen LogP contribution in [0, 0.1) is 0 Å². The molecule has 2 N–H and O–H groups in total. The molecule has 2 aliphatic rings. The molecule has 0 amide bonds. The van der Waals surface area contributed by atoms with Crippen LogP contribution in [0.25, 0.3) is 0 Å². The van der Waals surface area contributed by atoms with Gasteiger partial charge >= 0.3 is 0 Å². The Balaban J connectivity index is 0.00000225. The maximum atomic E-state index is 11.7. The first-order valence-corrected chi connectivity index (χ1v) is 10.7. The molecule has 1 saturated carbocycles. The molecule has 25 heavy (non-hydrogen) atoms. The first kappa shape index (κ1) is 20.5. The van der Waals surface area contributed by atoms with Crippen LogP contribution in [-0.2, 0) is 16.3 Å². The molecule has 0 radical (unpaired) electrons. The Morgan fingerprint density at radius 3 is 2.56 bits per heavy atom. The zero-order valence-corrected chi connectivity index (χ0v) is 17.6. The number of halogens is 1. The number of rotatable bonds is 5. The lowest BCUT2D eigenvalue weighted by Gasteiger charge is -2.26. The molecule has 1 aromatic rings. The third-order valence-corrected chi connectivity index (χ3v) is 6.50. The minimum atomic E-state index is -2.89. The zero-order chi connectivity index (χ0) is 16.8. The van der Waals surface area contributed by atoms with Crippen molar-refractivity contribution in [3.8, 4) is 0 Å². The van der Waals surface area contributed by atoms with Crippen LogP contribution in [0.2, 0.25) is 0 Å². The summed E-state index contributed by atoms with van der Waals surface area (Å²) in [4.78, 5) is 4.64. The van der Waals surface area contributed by atoms with Gasteiger partial charge in [0.2, 0.25) is 0 Å². The summed E-state index contributed by atoms with van der Waals surface area (Å²) < 4.78 is 28.7. The van der Waals surface area contributed by atoms with E-state index in [9.17, 15) is 8.42 Å². The molecule has 2 fully saturated rings. The minimum Gasteiger partial charge on any atom is -0.469 e. The van der Waals surface area contributed by atoms with E-state index in [4.69, 9.17) is 4.42 Å². The van der Waals surface area contributed by atoms with Crippen LogP contribution in [0.3, 0.4) is 0 Å². The molecule has 8 heteroatoms. The first-order chi connectivity index (χ1) is 11.6. The fourth-order valence-electron chi connectivity index (χ4n) is 3.41. The van der Waals surface area contributed by atoms with Gasteiger partial charge in [-0.1, -0.05) is 19.3 Å². The van der Waals surface area contributed by atoms with Gasteiger partial charge in [0, 0.05) is 25.0 Å². The summed E-state index contributed by atoms with van der Waals surface area (Å²) in [6.07, 6.45) is 9.17. The number of aliphatic imine (C=N–C) groups is 1. The number of hydrogen-bond acceptors (Lipinski definition) is 4. The summed E-state index contributed by atoms with van der Waals surface area (Å²) in [7, 11) is -2.89. The molecule has 0 spiro atoms. The Kier molecular flexibility index (Phi) is 8.05. The van der Waals surface area contributed by atoms with Crippen LogP contribution < -0.4 is 10.6 Å². The maximum Gasteiger partial charge on any atom is 0.191 e. The highest BCUT2D eigenvalue weighted by Gasteiger charge is 2.29. The third kappa shape index (κ3) is 6.80. The molecule has 1 atom stereocenters.